The molecule has 0 aliphatic carbocycles. The molecule has 2 heteroatoms. The van der Waals surface area contributed by atoms with E-state index in [1.54, 1.807) is 18.2 Å². The summed E-state index contributed by atoms with van der Waals surface area (Å²) in [6.07, 6.45) is 3.17. The molecule has 2 nitrogen and oxygen atoms in total. The number of rotatable bonds is 4. The minimum absolute atomic E-state index is 0.0116. The van der Waals surface area contributed by atoms with Crippen molar-refractivity contribution in [2.45, 2.75) is 6.42 Å². The van der Waals surface area contributed by atoms with Gasteiger partial charge in [0.25, 0.3) is 0 Å². The van der Waals surface area contributed by atoms with E-state index in [9.17, 15) is 4.79 Å². The highest BCUT2D eigenvalue weighted by Gasteiger charge is 2.11. The summed E-state index contributed by atoms with van der Waals surface area (Å²) in [4.78, 5) is 12.3. The zero-order valence-electron chi connectivity index (χ0n) is 9.91. The molecule has 0 spiro atoms. The van der Waals surface area contributed by atoms with Gasteiger partial charge in [0.15, 0.2) is 5.78 Å². The van der Waals surface area contributed by atoms with E-state index in [1.807, 2.05) is 42.5 Å². The molecule has 0 fully saturated rings. The lowest BCUT2D eigenvalue weighted by Gasteiger charge is -2.06. The van der Waals surface area contributed by atoms with Crippen molar-refractivity contribution < 1.29 is 9.90 Å². The number of aliphatic hydroxyl groups is 1. The zero-order valence-corrected chi connectivity index (χ0v) is 9.91. The highest BCUT2D eigenvalue weighted by atomic mass is 16.2. The number of carbonyl (C=O) groups is 1. The van der Waals surface area contributed by atoms with Gasteiger partial charge >= 0.3 is 0 Å². The third kappa shape index (κ3) is 2.66. The molecule has 90 valence electrons. The monoisotopic (exact) mass is 238 g/mol. The van der Waals surface area contributed by atoms with Crippen molar-refractivity contribution in [1.82, 2.24) is 0 Å². The van der Waals surface area contributed by atoms with Gasteiger partial charge in [-0.3, -0.25) is 4.79 Å². The highest BCUT2D eigenvalue weighted by Crippen LogP contribution is 2.15. The van der Waals surface area contributed by atoms with Gasteiger partial charge in [0, 0.05) is 11.1 Å². The van der Waals surface area contributed by atoms with E-state index < -0.39 is 0 Å². The molecule has 0 unspecified atom stereocenters. The molecule has 2 aromatic rings. The molecule has 18 heavy (non-hydrogen) atoms. The Hall–Kier alpha value is -2.35. The Labute approximate surface area is 106 Å². The molecular weight excluding hydrogens is 224 g/mol. The average Bonchev–Trinajstić information content (AvgIpc) is 2.45. The predicted molar refractivity (Wildman–Crippen MR) is 71.8 cm³/mol. The second-order valence-corrected chi connectivity index (χ2v) is 3.94. The van der Waals surface area contributed by atoms with Crippen molar-refractivity contribution in [3.8, 4) is 0 Å². The molecule has 2 aromatic carbocycles. The van der Waals surface area contributed by atoms with E-state index in [1.165, 1.54) is 0 Å². The predicted octanol–water partition coefficient (Wildman–Crippen LogP) is 3.53. The molecular formula is C16H14O2. The molecule has 0 saturated carbocycles. The molecule has 0 saturated heterocycles. The van der Waals surface area contributed by atoms with Crippen LogP contribution in [0.3, 0.4) is 0 Å². The van der Waals surface area contributed by atoms with E-state index in [4.69, 9.17) is 5.11 Å². The van der Waals surface area contributed by atoms with Crippen molar-refractivity contribution in [1.29, 1.82) is 0 Å². The second kappa shape index (κ2) is 5.82. The number of allylic oxidation sites excluding steroid dienone is 1. The Morgan fingerprint density at radius 1 is 1.00 bits per heavy atom. The SMILES string of the molecule is O=C(c1ccccc1)c1ccccc1CC=CO. The number of aliphatic hydroxyl groups excluding tert-OH is 1. The van der Waals surface area contributed by atoms with Crippen molar-refractivity contribution in [3.05, 3.63) is 83.6 Å². The summed E-state index contributed by atoms with van der Waals surface area (Å²) in [7, 11) is 0. The summed E-state index contributed by atoms with van der Waals surface area (Å²) in [5.74, 6) is 0.0116. The third-order valence-corrected chi connectivity index (χ3v) is 2.74. The standard InChI is InChI=1S/C16H14O2/c17-12-6-10-13-7-4-5-11-15(13)16(18)14-8-2-1-3-9-14/h1-9,11-12,17H,10H2. The maximum absolute atomic E-state index is 12.3. The lowest BCUT2D eigenvalue weighted by molar-refractivity contribution is 0.103. The van der Waals surface area contributed by atoms with Gasteiger partial charge < -0.3 is 5.11 Å². The summed E-state index contributed by atoms with van der Waals surface area (Å²) < 4.78 is 0. The van der Waals surface area contributed by atoms with E-state index in [0.29, 0.717) is 17.5 Å². The first-order valence-electron chi connectivity index (χ1n) is 5.80. The molecule has 0 atom stereocenters. The summed E-state index contributed by atoms with van der Waals surface area (Å²) in [5.41, 5.74) is 2.27. The fourth-order valence-corrected chi connectivity index (χ4v) is 1.84. The van der Waals surface area contributed by atoms with Gasteiger partial charge in [-0.05, 0) is 18.1 Å². The Balaban J connectivity index is 2.36. The van der Waals surface area contributed by atoms with Crippen LogP contribution in [0.4, 0.5) is 0 Å². The molecule has 1 N–H and O–H groups in total. The van der Waals surface area contributed by atoms with Gasteiger partial charge in [-0.25, -0.2) is 0 Å². The first kappa shape index (κ1) is 12.1. The Morgan fingerprint density at radius 3 is 2.39 bits per heavy atom. The number of carbonyl (C=O) groups excluding carboxylic acids is 1. The first-order valence-corrected chi connectivity index (χ1v) is 5.80. The Bertz CT molecular complexity index is 556. The highest BCUT2D eigenvalue weighted by molar-refractivity contribution is 6.09. The summed E-state index contributed by atoms with van der Waals surface area (Å²) >= 11 is 0. The van der Waals surface area contributed by atoms with Gasteiger partial charge in [0.1, 0.15) is 0 Å². The topological polar surface area (TPSA) is 37.3 Å². The second-order valence-electron chi connectivity index (χ2n) is 3.94. The number of benzene rings is 2. The van der Waals surface area contributed by atoms with Crippen LogP contribution < -0.4 is 0 Å². The van der Waals surface area contributed by atoms with Gasteiger partial charge in [-0.1, -0.05) is 54.6 Å². The van der Waals surface area contributed by atoms with Crippen LogP contribution in [0.25, 0.3) is 0 Å². The van der Waals surface area contributed by atoms with Crippen molar-refractivity contribution in [2.24, 2.45) is 0 Å². The quantitative estimate of drug-likeness (QED) is 0.653. The zero-order chi connectivity index (χ0) is 12.8. The number of ketones is 1. The van der Waals surface area contributed by atoms with Crippen LogP contribution in [0.15, 0.2) is 66.9 Å². The van der Waals surface area contributed by atoms with E-state index >= 15 is 0 Å². The summed E-state index contributed by atoms with van der Waals surface area (Å²) in [6, 6.07) is 16.7. The molecule has 2 rings (SSSR count). The van der Waals surface area contributed by atoms with Crippen LogP contribution >= 0.6 is 0 Å². The Kier molecular flexibility index (Phi) is 3.92. The van der Waals surface area contributed by atoms with Crippen molar-refractivity contribution in [3.63, 3.8) is 0 Å². The smallest absolute Gasteiger partial charge is 0.193 e. The van der Waals surface area contributed by atoms with Gasteiger partial charge in [0.05, 0.1) is 6.26 Å². The number of hydrogen-bond donors (Lipinski definition) is 1. The Morgan fingerprint density at radius 2 is 1.67 bits per heavy atom. The lowest BCUT2D eigenvalue weighted by atomic mass is 9.97. The lowest BCUT2D eigenvalue weighted by Crippen LogP contribution is -2.04. The van der Waals surface area contributed by atoms with E-state index in [0.717, 1.165) is 11.8 Å². The van der Waals surface area contributed by atoms with Crippen LogP contribution in [-0.2, 0) is 6.42 Å². The largest absolute Gasteiger partial charge is 0.516 e. The van der Waals surface area contributed by atoms with Crippen LogP contribution in [0, 0.1) is 0 Å². The summed E-state index contributed by atoms with van der Waals surface area (Å²) in [6.45, 7) is 0. The van der Waals surface area contributed by atoms with Crippen LogP contribution in [0.1, 0.15) is 21.5 Å². The van der Waals surface area contributed by atoms with Gasteiger partial charge in [-0.15, -0.1) is 0 Å². The molecule has 0 heterocycles. The minimum Gasteiger partial charge on any atom is -0.516 e. The van der Waals surface area contributed by atoms with Crippen LogP contribution in [-0.4, -0.2) is 10.9 Å². The minimum atomic E-state index is 0.0116. The van der Waals surface area contributed by atoms with Gasteiger partial charge in [-0.2, -0.15) is 0 Å². The van der Waals surface area contributed by atoms with Crippen molar-refractivity contribution in [2.75, 3.05) is 0 Å². The maximum Gasteiger partial charge on any atom is 0.193 e. The first-order chi connectivity index (χ1) is 8.83. The van der Waals surface area contributed by atoms with Crippen LogP contribution in [0.5, 0.6) is 0 Å². The molecule has 0 bridgehead atoms. The molecule has 0 aromatic heterocycles. The van der Waals surface area contributed by atoms with E-state index in [-0.39, 0.29) is 5.78 Å². The maximum atomic E-state index is 12.3. The van der Waals surface area contributed by atoms with Crippen LogP contribution in [0.2, 0.25) is 0 Å². The molecule has 0 aliphatic rings. The van der Waals surface area contributed by atoms with Gasteiger partial charge in [0.2, 0.25) is 0 Å². The molecule has 0 aliphatic heterocycles. The molecule has 0 amide bonds. The fraction of sp³-hybridized carbons (Fsp3) is 0.0625. The number of hydrogen-bond acceptors (Lipinski definition) is 2. The summed E-state index contributed by atoms with van der Waals surface area (Å²) in [5, 5.41) is 8.71. The van der Waals surface area contributed by atoms with Crippen molar-refractivity contribution >= 4 is 5.78 Å². The third-order valence-electron chi connectivity index (χ3n) is 2.74. The molecule has 0 radical (unpaired) electrons. The fourth-order valence-electron chi connectivity index (χ4n) is 1.84. The normalized spacial score (nSPS) is 10.7. The average molecular weight is 238 g/mol. The van der Waals surface area contributed by atoms with E-state index in [2.05, 4.69) is 0 Å².